The molecule has 0 atom stereocenters. The van der Waals surface area contributed by atoms with Gasteiger partial charge in [-0.25, -0.2) is 0 Å². The highest BCUT2D eigenvalue weighted by molar-refractivity contribution is 5.83. The number of hydrogen-bond acceptors (Lipinski definition) is 0. The van der Waals surface area contributed by atoms with Gasteiger partial charge in [-0.1, -0.05) is 70.2 Å². The lowest BCUT2D eigenvalue weighted by Gasteiger charge is -2.06. The minimum Gasteiger partial charge on any atom is -0.0683 e. The van der Waals surface area contributed by atoms with Crippen LogP contribution in [0.25, 0.3) is 10.8 Å². The zero-order chi connectivity index (χ0) is 11.3. The summed E-state index contributed by atoms with van der Waals surface area (Å²) in [6.07, 6.45) is 0. The van der Waals surface area contributed by atoms with Crippen molar-refractivity contribution in [2.75, 3.05) is 0 Å². The van der Waals surface area contributed by atoms with E-state index in [0.29, 0.717) is 5.92 Å². The Kier molecular flexibility index (Phi) is 4.36. The molecule has 0 heteroatoms. The molecule has 0 saturated carbocycles. The van der Waals surface area contributed by atoms with Crippen molar-refractivity contribution in [3.8, 4) is 0 Å². The monoisotopic (exact) mass is 200 g/mol. The fourth-order valence-electron chi connectivity index (χ4n) is 1.57. The first-order valence-electron chi connectivity index (χ1n) is 5.76. The van der Waals surface area contributed by atoms with Crippen LogP contribution in [0.4, 0.5) is 0 Å². The summed E-state index contributed by atoms with van der Waals surface area (Å²) in [5.74, 6) is 0.615. The Morgan fingerprint density at radius 3 is 2.00 bits per heavy atom. The maximum atomic E-state index is 2.28. The van der Waals surface area contributed by atoms with E-state index in [1.807, 2.05) is 13.8 Å². The van der Waals surface area contributed by atoms with Crippen LogP contribution >= 0.6 is 0 Å². The predicted octanol–water partition coefficient (Wildman–Crippen LogP) is 4.99. The van der Waals surface area contributed by atoms with Crippen LogP contribution in [-0.4, -0.2) is 0 Å². The molecule has 0 nitrogen and oxygen atoms in total. The number of fused-ring (bicyclic) bond motifs is 1. The van der Waals surface area contributed by atoms with Gasteiger partial charge in [-0.2, -0.15) is 0 Å². The molecule has 0 aliphatic rings. The molecule has 0 N–H and O–H groups in total. The summed E-state index contributed by atoms with van der Waals surface area (Å²) in [6.45, 7) is 8.45. The van der Waals surface area contributed by atoms with E-state index in [1.165, 1.54) is 16.3 Å². The van der Waals surface area contributed by atoms with Gasteiger partial charge in [0.25, 0.3) is 0 Å². The number of rotatable bonds is 1. The lowest BCUT2D eigenvalue weighted by atomic mass is 9.99. The minimum atomic E-state index is 0.615. The summed E-state index contributed by atoms with van der Waals surface area (Å²) in [5, 5.41) is 2.67. The zero-order valence-corrected chi connectivity index (χ0v) is 10.1. The molecule has 0 spiro atoms. The van der Waals surface area contributed by atoms with Crippen molar-refractivity contribution in [3.63, 3.8) is 0 Å². The third-order valence-electron chi connectivity index (χ3n) is 2.44. The van der Waals surface area contributed by atoms with Crippen molar-refractivity contribution < 1.29 is 0 Å². The highest BCUT2D eigenvalue weighted by Gasteiger charge is 1.99. The van der Waals surface area contributed by atoms with Crippen molar-refractivity contribution in [2.45, 2.75) is 33.6 Å². The Labute approximate surface area is 92.9 Å². The Hall–Kier alpha value is -1.30. The fraction of sp³-hybridized carbons (Fsp3) is 0.333. The maximum absolute atomic E-state index is 2.28. The van der Waals surface area contributed by atoms with E-state index >= 15 is 0 Å². The van der Waals surface area contributed by atoms with E-state index in [4.69, 9.17) is 0 Å². The van der Waals surface area contributed by atoms with Gasteiger partial charge in [0.15, 0.2) is 0 Å². The molecule has 0 heterocycles. The first-order chi connectivity index (χ1) is 7.27. The van der Waals surface area contributed by atoms with Crippen LogP contribution < -0.4 is 0 Å². The van der Waals surface area contributed by atoms with Gasteiger partial charge in [-0.15, -0.1) is 0 Å². The molecule has 2 aromatic carbocycles. The van der Waals surface area contributed by atoms with Gasteiger partial charge in [-0.05, 0) is 22.3 Å². The van der Waals surface area contributed by atoms with Crippen molar-refractivity contribution in [2.24, 2.45) is 0 Å². The van der Waals surface area contributed by atoms with Crippen LogP contribution in [0.15, 0.2) is 42.5 Å². The van der Waals surface area contributed by atoms with Crippen LogP contribution in [0.1, 0.15) is 39.2 Å². The van der Waals surface area contributed by atoms with E-state index in [9.17, 15) is 0 Å². The largest absolute Gasteiger partial charge is 0.0683 e. The molecule has 0 saturated heterocycles. The third-order valence-corrected chi connectivity index (χ3v) is 2.44. The van der Waals surface area contributed by atoms with Crippen LogP contribution in [0.3, 0.4) is 0 Å². The number of hydrogen-bond donors (Lipinski definition) is 0. The maximum Gasteiger partial charge on any atom is -0.0181 e. The highest BCUT2D eigenvalue weighted by atomic mass is 14.0. The van der Waals surface area contributed by atoms with Crippen LogP contribution in [0.2, 0.25) is 0 Å². The first-order valence-corrected chi connectivity index (χ1v) is 5.76. The normalized spacial score (nSPS) is 9.93. The van der Waals surface area contributed by atoms with Crippen LogP contribution in [0, 0.1) is 0 Å². The van der Waals surface area contributed by atoms with Crippen LogP contribution in [-0.2, 0) is 0 Å². The summed E-state index contributed by atoms with van der Waals surface area (Å²) in [4.78, 5) is 0. The van der Waals surface area contributed by atoms with Crippen molar-refractivity contribution >= 4 is 10.8 Å². The van der Waals surface area contributed by atoms with Crippen molar-refractivity contribution in [1.29, 1.82) is 0 Å². The average Bonchev–Trinajstić information content (AvgIpc) is 2.31. The number of benzene rings is 2. The lowest BCUT2D eigenvalue weighted by Crippen LogP contribution is -1.85. The molecular formula is C15H20. The molecule has 2 rings (SSSR count). The Morgan fingerprint density at radius 1 is 0.800 bits per heavy atom. The summed E-state index contributed by atoms with van der Waals surface area (Å²) >= 11 is 0. The molecule has 0 fully saturated rings. The van der Waals surface area contributed by atoms with Gasteiger partial charge >= 0.3 is 0 Å². The van der Waals surface area contributed by atoms with E-state index in [0.717, 1.165) is 0 Å². The second kappa shape index (κ2) is 5.55. The molecule has 0 aromatic heterocycles. The summed E-state index contributed by atoms with van der Waals surface area (Å²) < 4.78 is 0. The first kappa shape index (κ1) is 11.8. The Morgan fingerprint density at radius 2 is 1.40 bits per heavy atom. The summed E-state index contributed by atoms with van der Waals surface area (Å²) in [6, 6.07) is 15.2. The summed E-state index contributed by atoms with van der Waals surface area (Å²) in [5.41, 5.74) is 1.42. The molecule has 0 radical (unpaired) electrons. The Balaban J connectivity index is 0.000000531. The van der Waals surface area contributed by atoms with Gasteiger partial charge in [0.2, 0.25) is 0 Å². The van der Waals surface area contributed by atoms with E-state index in [1.54, 1.807) is 0 Å². The quantitative estimate of drug-likeness (QED) is 0.608. The standard InChI is InChI=1S/C13H14.C2H6/c1-10(2)12-8-7-11-5-3-4-6-13(11)9-12;1-2/h3-10H,1-2H3;1-2H3. The van der Waals surface area contributed by atoms with Gasteiger partial charge in [0.1, 0.15) is 0 Å². The molecule has 15 heavy (non-hydrogen) atoms. The van der Waals surface area contributed by atoms with Gasteiger partial charge < -0.3 is 0 Å². The molecule has 0 amide bonds. The Bertz CT molecular complexity index is 413. The highest BCUT2D eigenvalue weighted by Crippen LogP contribution is 2.20. The van der Waals surface area contributed by atoms with E-state index < -0.39 is 0 Å². The van der Waals surface area contributed by atoms with Gasteiger partial charge in [0.05, 0.1) is 0 Å². The molecule has 0 bridgehead atoms. The SMILES string of the molecule is CC.CC(C)c1ccc2ccccc2c1. The van der Waals surface area contributed by atoms with E-state index in [2.05, 4.69) is 56.3 Å². The molecular weight excluding hydrogens is 180 g/mol. The van der Waals surface area contributed by atoms with Crippen molar-refractivity contribution in [1.82, 2.24) is 0 Å². The predicted molar refractivity (Wildman–Crippen MR) is 69.4 cm³/mol. The third kappa shape index (κ3) is 2.82. The summed E-state index contributed by atoms with van der Waals surface area (Å²) in [7, 11) is 0. The second-order valence-corrected chi connectivity index (χ2v) is 3.76. The topological polar surface area (TPSA) is 0 Å². The van der Waals surface area contributed by atoms with Crippen LogP contribution in [0.5, 0.6) is 0 Å². The zero-order valence-electron chi connectivity index (χ0n) is 10.1. The van der Waals surface area contributed by atoms with Gasteiger partial charge in [0, 0.05) is 0 Å². The lowest BCUT2D eigenvalue weighted by molar-refractivity contribution is 0.869. The molecule has 2 aromatic rings. The smallest absolute Gasteiger partial charge is 0.0181 e. The molecule has 0 aliphatic heterocycles. The van der Waals surface area contributed by atoms with Crippen molar-refractivity contribution in [3.05, 3.63) is 48.0 Å². The second-order valence-electron chi connectivity index (χ2n) is 3.76. The molecule has 0 aliphatic carbocycles. The average molecular weight is 200 g/mol. The fourth-order valence-corrected chi connectivity index (χ4v) is 1.57. The molecule has 0 unspecified atom stereocenters. The minimum absolute atomic E-state index is 0.615. The molecule has 80 valence electrons. The van der Waals surface area contributed by atoms with E-state index in [-0.39, 0.29) is 0 Å². The van der Waals surface area contributed by atoms with Gasteiger partial charge in [-0.3, -0.25) is 0 Å².